The van der Waals surface area contributed by atoms with E-state index in [9.17, 15) is 0 Å². The maximum absolute atomic E-state index is 8.97. The molecule has 0 aliphatic carbocycles. The molecule has 2 heterocycles. The van der Waals surface area contributed by atoms with E-state index < -0.39 is 0 Å². The molecule has 1 N–H and O–H groups in total. The Bertz CT molecular complexity index is 316. The highest BCUT2D eigenvalue weighted by Gasteiger charge is 2.23. The van der Waals surface area contributed by atoms with Crippen LogP contribution in [0.5, 0.6) is 0 Å². The molecule has 1 saturated heterocycles. The molecule has 0 amide bonds. The molecule has 0 spiro atoms. The van der Waals surface area contributed by atoms with Gasteiger partial charge in [0.15, 0.2) is 0 Å². The molecule has 1 unspecified atom stereocenters. The number of nitrogens with zero attached hydrogens (tertiary/aromatic N) is 2. The average molecular weight is 228 g/mol. The lowest BCUT2D eigenvalue weighted by atomic mass is 10.3. The van der Waals surface area contributed by atoms with Gasteiger partial charge in [0, 0.05) is 19.3 Å². The van der Waals surface area contributed by atoms with Crippen molar-refractivity contribution in [3.05, 3.63) is 16.1 Å². The quantitative estimate of drug-likeness (QED) is 0.839. The molecule has 0 radical (unpaired) electrons. The Hall–Kier alpha value is -0.490. The molecular weight excluding hydrogens is 212 g/mol. The van der Waals surface area contributed by atoms with E-state index >= 15 is 0 Å². The molecule has 2 rings (SSSR count). The third kappa shape index (κ3) is 2.55. The van der Waals surface area contributed by atoms with Gasteiger partial charge >= 0.3 is 0 Å². The van der Waals surface area contributed by atoms with Gasteiger partial charge in [0.25, 0.3) is 0 Å². The van der Waals surface area contributed by atoms with Gasteiger partial charge in [-0.15, -0.1) is 11.3 Å². The van der Waals surface area contributed by atoms with Crippen LogP contribution < -0.4 is 0 Å². The molecule has 0 bridgehead atoms. The molecule has 15 heavy (non-hydrogen) atoms. The summed E-state index contributed by atoms with van der Waals surface area (Å²) in [6.07, 6.45) is 1.82. The highest BCUT2D eigenvalue weighted by molar-refractivity contribution is 7.11. The fourth-order valence-electron chi connectivity index (χ4n) is 1.68. The molecule has 1 fully saturated rings. The first kappa shape index (κ1) is 11.0. The molecule has 1 atom stereocenters. The Balaban J connectivity index is 2.03. The normalized spacial score (nSPS) is 23.2. The van der Waals surface area contributed by atoms with Crippen LogP contribution in [-0.4, -0.2) is 41.2 Å². The minimum absolute atomic E-state index is 0.0713. The number of aliphatic hydroxyl groups is 1. The lowest BCUT2D eigenvalue weighted by molar-refractivity contribution is -0.0282. The van der Waals surface area contributed by atoms with Crippen LogP contribution in [-0.2, 0) is 11.3 Å². The maximum atomic E-state index is 8.97. The highest BCUT2D eigenvalue weighted by atomic mass is 32.1. The van der Waals surface area contributed by atoms with Gasteiger partial charge in [-0.2, -0.15) is 0 Å². The van der Waals surface area contributed by atoms with E-state index in [2.05, 4.69) is 16.8 Å². The minimum atomic E-state index is 0.0713. The summed E-state index contributed by atoms with van der Waals surface area (Å²) in [6.45, 7) is 5.97. The van der Waals surface area contributed by atoms with Crippen LogP contribution in [0.3, 0.4) is 0 Å². The first-order chi connectivity index (χ1) is 7.33. The average Bonchev–Trinajstić information content (AvgIpc) is 2.78. The van der Waals surface area contributed by atoms with Crippen LogP contribution in [0.2, 0.25) is 0 Å². The van der Waals surface area contributed by atoms with Gasteiger partial charge in [0.1, 0.15) is 11.1 Å². The molecule has 1 aliphatic heterocycles. The number of hydrogen-bond donors (Lipinski definition) is 1. The maximum Gasteiger partial charge on any atom is 0.123 e. The van der Waals surface area contributed by atoms with E-state index in [1.165, 1.54) is 11.3 Å². The van der Waals surface area contributed by atoms with Gasteiger partial charge in [0.2, 0.25) is 0 Å². The van der Waals surface area contributed by atoms with E-state index in [-0.39, 0.29) is 12.7 Å². The van der Waals surface area contributed by atoms with Crippen LogP contribution in [0.4, 0.5) is 0 Å². The second-order valence-corrected chi connectivity index (χ2v) is 4.72. The number of ether oxygens (including phenoxy) is 1. The van der Waals surface area contributed by atoms with Gasteiger partial charge in [-0.25, -0.2) is 4.98 Å². The van der Waals surface area contributed by atoms with E-state index in [1.807, 2.05) is 0 Å². The molecule has 0 saturated carbocycles. The first-order valence-corrected chi connectivity index (χ1v) is 6.04. The lowest BCUT2D eigenvalue weighted by Gasteiger charge is -2.30. The summed E-state index contributed by atoms with van der Waals surface area (Å²) in [7, 11) is 0. The predicted octanol–water partition coefficient (Wildman–Crippen LogP) is 1.03. The van der Waals surface area contributed by atoms with Gasteiger partial charge < -0.3 is 9.84 Å². The van der Waals surface area contributed by atoms with Gasteiger partial charge in [-0.3, -0.25) is 4.90 Å². The van der Waals surface area contributed by atoms with Gasteiger partial charge in [0.05, 0.1) is 18.1 Å². The number of likely N-dealkylation sites (N-methyl/N-ethyl adjacent to an activating group) is 1. The first-order valence-electron chi connectivity index (χ1n) is 5.23. The zero-order valence-electron chi connectivity index (χ0n) is 8.85. The minimum Gasteiger partial charge on any atom is -0.391 e. The van der Waals surface area contributed by atoms with Crippen molar-refractivity contribution in [3.63, 3.8) is 0 Å². The fourth-order valence-corrected chi connectivity index (χ4v) is 2.50. The highest BCUT2D eigenvalue weighted by Crippen LogP contribution is 2.26. The van der Waals surface area contributed by atoms with Crippen molar-refractivity contribution in [1.82, 2.24) is 9.88 Å². The Kier molecular flexibility index (Phi) is 3.69. The Morgan fingerprint density at radius 1 is 1.73 bits per heavy atom. The van der Waals surface area contributed by atoms with Crippen molar-refractivity contribution in [2.75, 3.05) is 26.2 Å². The van der Waals surface area contributed by atoms with Crippen molar-refractivity contribution < 1.29 is 9.84 Å². The number of hydrogen-bond acceptors (Lipinski definition) is 5. The SMILES string of the molecule is CCN1CCOC(c2ncc(CO)s2)C1. The molecule has 1 aliphatic rings. The molecule has 5 heteroatoms. The molecule has 0 aromatic carbocycles. The molecule has 84 valence electrons. The predicted molar refractivity (Wildman–Crippen MR) is 58.8 cm³/mol. The Labute approximate surface area is 93.5 Å². The van der Waals surface area contributed by atoms with E-state index in [0.29, 0.717) is 0 Å². The van der Waals surface area contributed by atoms with Crippen LogP contribution in [0, 0.1) is 0 Å². The summed E-state index contributed by atoms with van der Waals surface area (Å²) in [5.74, 6) is 0. The Morgan fingerprint density at radius 3 is 3.27 bits per heavy atom. The second-order valence-electron chi connectivity index (χ2n) is 3.58. The summed E-state index contributed by atoms with van der Waals surface area (Å²) in [5, 5.41) is 9.95. The van der Waals surface area contributed by atoms with Crippen LogP contribution >= 0.6 is 11.3 Å². The van der Waals surface area contributed by atoms with Crippen molar-refractivity contribution >= 4 is 11.3 Å². The van der Waals surface area contributed by atoms with Crippen molar-refractivity contribution in [2.24, 2.45) is 0 Å². The van der Waals surface area contributed by atoms with Crippen molar-refractivity contribution in [2.45, 2.75) is 19.6 Å². The summed E-state index contributed by atoms with van der Waals surface area (Å²) in [6, 6.07) is 0. The lowest BCUT2D eigenvalue weighted by Crippen LogP contribution is -2.37. The van der Waals surface area contributed by atoms with Crippen molar-refractivity contribution in [3.8, 4) is 0 Å². The second kappa shape index (κ2) is 5.03. The zero-order chi connectivity index (χ0) is 10.7. The summed E-state index contributed by atoms with van der Waals surface area (Å²) in [4.78, 5) is 7.55. The molecule has 1 aromatic rings. The largest absolute Gasteiger partial charge is 0.391 e. The number of rotatable bonds is 3. The van der Waals surface area contributed by atoms with Crippen LogP contribution in [0.15, 0.2) is 6.20 Å². The standard InChI is InChI=1S/C10H16N2O2S/c1-2-12-3-4-14-9(6-12)10-11-5-8(7-13)15-10/h5,9,13H,2-4,6-7H2,1H3. The van der Waals surface area contributed by atoms with Gasteiger partial charge in [-0.05, 0) is 6.54 Å². The molecule has 1 aromatic heterocycles. The molecular formula is C10H16N2O2S. The number of aliphatic hydroxyl groups excluding tert-OH is 1. The van der Waals surface area contributed by atoms with Gasteiger partial charge in [-0.1, -0.05) is 6.92 Å². The summed E-state index contributed by atoms with van der Waals surface area (Å²) < 4.78 is 5.68. The number of morpholine rings is 1. The van der Waals surface area contributed by atoms with Crippen LogP contribution in [0.25, 0.3) is 0 Å². The fraction of sp³-hybridized carbons (Fsp3) is 0.700. The third-order valence-corrected chi connectivity index (χ3v) is 3.67. The summed E-state index contributed by atoms with van der Waals surface area (Å²) >= 11 is 1.54. The van der Waals surface area contributed by atoms with Crippen molar-refractivity contribution in [1.29, 1.82) is 0 Å². The van der Waals surface area contributed by atoms with E-state index in [0.717, 1.165) is 36.1 Å². The Morgan fingerprint density at radius 2 is 2.60 bits per heavy atom. The number of thiazole rings is 1. The number of aromatic nitrogens is 1. The smallest absolute Gasteiger partial charge is 0.123 e. The monoisotopic (exact) mass is 228 g/mol. The topological polar surface area (TPSA) is 45.6 Å². The van der Waals surface area contributed by atoms with E-state index in [4.69, 9.17) is 9.84 Å². The molecule has 4 nitrogen and oxygen atoms in total. The third-order valence-electron chi connectivity index (χ3n) is 2.60. The van der Waals surface area contributed by atoms with Crippen LogP contribution in [0.1, 0.15) is 22.9 Å². The van der Waals surface area contributed by atoms with E-state index in [1.54, 1.807) is 6.20 Å². The zero-order valence-corrected chi connectivity index (χ0v) is 9.66. The summed E-state index contributed by atoms with van der Waals surface area (Å²) in [5.41, 5.74) is 0.